The molecule has 1 atom stereocenters. The van der Waals surface area contributed by atoms with Crippen LogP contribution in [0, 0.1) is 16.0 Å². The van der Waals surface area contributed by atoms with Gasteiger partial charge in [0.1, 0.15) is 0 Å². The van der Waals surface area contributed by atoms with E-state index in [9.17, 15) is 23.3 Å². The minimum absolute atomic E-state index is 0.0250. The number of hydrogen-bond donors (Lipinski definition) is 1. The molecule has 0 aromatic heterocycles. The van der Waals surface area contributed by atoms with E-state index in [4.69, 9.17) is 34.8 Å². The van der Waals surface area contributed by atoms with Crippen molar-refractivity contribution in [3.63, 3.8) is 0 Å². The lowest BCUT2D eigenvalue weighted by molar-refractivity contribution is -0.384. The van der Waals surface area contributed by atoms with Gasteiger partial charge in [0, 0.05) is 40.8 Å². The number of rotatable bonds is 6. The van der Waals surface area contributed by atoms with Gasteiger partial charge < -0.3 is 5.32 Å². The molecule has 3 rings (SSSR count). The van der Waals surface area contributed by atoms with E-state index >= 15 is 0 Å². The Morgan fingerprint density at radius 2 is 1.84 bits per heavy atom. The van der Waals surface area contributed by atoms with Crippen molar-refractivity contribution in [3.05, 3.63) is 67.1 Å². The van der Waals surface area contributed by atoms with Gasteiger partial charge in [-0.05, 0) is 31.0 Å². The van der Waals surface area contributed by atoms with Gasteiger partial charge in [-0.15, -0.1) is 0 Å². The standard InChI is InChI=1S/C19H18Cl3N3O5S/c20-15-4-1-5-16(21)14(15)11-31(29,30)24-8-2-3-12(10-24)19(26)23-18-9-13(25(27)28)6-7-17(18)22/h1,4-7,9,12H,2-3,8,10-11H2,(H,23,26). The molecule has 8 nitrogen and oxygen atoms in total. The molecular formula is C19H18Cl3N3O5S. The van der Waals surface area contributed by atoms with E-state index in [0.717, 1.165) is 6.07 Å². The number of halogens is 3. The Balaban J connectivity index is 1.73. The molecule has 12 heteroatoms. The van der Waals surface area contributed by atoms with Crippen LogP contribution in [0.25, 0.3) is 0 Å². The van der Waals surface area contributed by atoms with Crippen molar-refractivity contribution >= 4 is 62.1 Å². The Morgan fingerprint density at radius 1 is 1.16 bits per heavy atom. The highest BCUT2D eigenvalue weighted by atomic mass is 35.5. The van der Waals surface area contributed by atoms with Crippen LogP contribution in [0.2, 0.25) is 15.1 Å². The average Bonchev–Trinajstić information content (AvgIpc) is 2.72. The number of carbonyl (C=O) groups excluding carboxylic acids is 1. The van der Waals surface area contributed by atoms with Gasteiger partial charge in [0.25, 0.3) is 5.69 Å². The number of anilines is 1. The van der Waals surface area contributed by atoms with Crippen LogP contribution < -0.4 is 5.32 Å². The Morgan fingerprint density at radius 3 is 2.48 bits per heavy atom. The number of nitro groups is 1. The Labute approximate surface area is 194 Å². The number of amides is 1. The lowest BCUT2D eigenvalue weighted by Gasteiger charge is -2.31. The van der Waals surface area contributed by atoms with Crippen LogP contribution in [0.4, 0.5) is 11.4 Å². The largest absolute Gasteiger partial charge is 0.324 e. The quantitative estimate of drug-likeness (QED) is 0.450. The molecule has 1 aliphatic heterocycles. The van der Waals surface area contributed by atoms with E-state index in [1.54, 1.807) is 18.2 Å². The summed E-state index contributed by atoms with van der Waals surface area (Å²) >= 11 is 18.2. The fourth-order valence-corrected chi connectivity index (χ4v) is 5.84. The maximum atomic E-state index is 12.9. The molecule has 1 amide bonds. The lowest BCUT2D eigenvalue weighted by atomic mass is 9.98. The van der Waals surface area contributed by atoms with Crippen molar-refractivity contribution in [2.75, 3.05) is 18.4 Å². The number of carbonyl (C=O) groups is 1. The second-order valence-electron chi connectivity index (χ2n) is 7.06. The summed E-state index contributed by atoms with van der Waals surface area (Å²) < 4.78 is 27.1. The van der Waals surface area contributed by atoms with Crippen LogP contribution in [-0.2, 0) is 20.6 Å². The van der Waals surface area contributed by atoms with Crippen LogP contribution >= 0.6 is 34.8 Å². The normalized spacial score (nSPS) is 17.3. The minimum Gasteiger partial charge on any atom is -0.324 e. The van der Waals surface area contributed by atoms with Crippen LogP contribution in [0.1, 0.15) is 18.4 Å². The maximum Gasteiger partial charge on any atom is 0.271 e. The molecule has 2 aromatic rings. The van der Waals surface area contributed by atoms with Gasteiger partial charge in [-0.2, -0.15) is 0 Å². The lowest BCUT2D eigenvalue weighted by Crippen LogP contribution is -2.44. The van der Waals surface area contributed by atoms with Gasteiger partial charge in [0.2, 0.25) is 15.9 Å². The molecule has 0 spiro atoms. The fourth-order valence-electron chi connectivity index (χ4n) is 3.31. The smallest absolute Gasteiger partial charge is 0.271 e. The summed E-state index contributed by atoms with van der Waals surface area (Å²) in [5.74, 6) is -1.48. The van der Waals surface area contributed by atoms with Crippen molar-refractivity contribution in [2.45, 2.75) is 18.6 Å². The molecule has 0 radical (unpaired) electrons. The molecule has 1 N–H and O–H groups in total. The number of sulfonamides is 1. The van der Waals surface area contributed by atoms with Crippen LogP contribution in [0.3, 0.4) is 0 Å². The van der Waals surface area contributed by atoms with E-state index in [1.807, 2.05) is 0 Å². The third-order valence-electron chi connectivity index (χ3n) is 4.96. The van der Waals surface area contributed by atoms with Gasteiger partial charge in [-0.3, -0.25) is 14.9 Å². The summed E-state index contributed by atoms with van der Waals surface area (Å²) in [5.41, 5.74) is 0.189. The highest BCUT2D eigenvalue weighted by molar-refractivity contribution is 7.88. The number of nitrogens with one attached hydrogen (secondary N) is 1. The third-order valence-corrected chi connectivity index (χ3v) is 7.77. The topological polar surface area (TPSA) is 110 Å². The highest BCUT2D eigenvalue weighted by Crippen LogP contribution is 2.30. The van der Waals surface area contributed by atoms with Gasteiger partial charge in [-0.25, -0.2) is 12.7 Å². The van der Waals surface area contributed by atoms with Gasteiger partial charge in [0.15, 0.2) is 0 Å². The first kappa shape index (κ1) is 23.7. The van der Waals surface area contributed by atoms with Crippen molar-refractivity contribution < 1.29 is 18.1 Å². The maximum absolute atomic E-state index is 12.9. The third kappa shape index (κ3) is 5.67. The van der Waals surface area contributed by atoms with Gasteiger partial charge >= 0.3 is 0 Å². The molecule has 1 fully saturated rings. The molecule has 166 valence electrons. The number of nitro benzene ring substituents is 1. The molecule has 1 unspecified atom stereocenters. The Kier molecular flexibility index (Phi) is 7.43. The average molecular weight is 507 g/mol. The monoisotopic (exact) mass is 505 g/mol. The number of nitrogens with zero attached hydrogens (tertiary/aromatic N) is 2. The molecule has 2 aromatic carbocycles. The van der Waals surface area contributed by atoms with Crippen molar-refractivity contribution in [1.82, 2.24) is 4.31 Å². The second kappa shape index (κ2) is 9.70. The summed E-state index contributed by atoms with van der Waals surface area (Å²) in [6.45, 7) is 0.245. The predicted octanol–water partition coefficient (Wildman–Crippen LogP) is 4.74. The van der Waals surface area contributed by atoms with E-state index in [1.165, 1.54) is 16.4 Å². The van der Waals surface area contributed by atoms with Gasteiger partial charge in [0.05, 0.1) is 27.3 Å². The summed E-state index contributed by atoms with van der Waals surface area (Å²) in [7, 11) is -3.78. The molecule has 31 heavy (non-hydrogen) atoms. The summed E-state index contributed by atoms with van der Waals surface area (Å²) in [5, 5.41) is 14.2. The zero-order valence-corrected chi connectivity index (χ0v) is 19.1. The van der Waals surface area contributed by atoms with Crippen molar-refractivity contribution in [3.8, 4) is 0 Å². The fraction of sp³-hybridized carbons (Fsp3) is 0.316. The van der Waals surface area contributed by atoms with Crippen LogP contribution in [-0.4, -0.2) is 36.6 Å². The molecule has 1 saturated heterocycles. The molecule has 0 saturated carbocycles. The minimum atomic E-state index is -3.78. The first-order valence-electron chi connectivity index (χ1n) is 9.24. The van der Waals surface area contributed by atoms with E-state index in [0.29, 0.717) is 18.4 Å². The number of hydrogen-bond acceptors (Lipinski definition) is 5. The highest BCUT2D eigenvalue weighted by Gasteiger charge is 2.33. The Hall–Kier alpha value is -1.91. The number of piperidine rings is 1. The number of non-ortho nitro benzene ring substituents is 1. The molecular weight excluding hydrogens is 489 g/mol. The van der Waals surface area contributed by atoms with E-state index in [2.05, 4.69) is 5.32 Å². The SMILES string of the molecule is O=C(Nc1cc([N+](=O)[O-])ccc1Cl)C1CCCN(S(=O)(=O)Cc2c(Cl)cccc2Cl)C1. The van der Waals surface area contributed by atoms with Gasteiger partial charge in [-0.1, -0.05) is 40.9 Å². The van der Waals surface area contributed by atoms with E-state index in [-0.39, 0.29) is 45.3 Å². The van der Waals surface area contributed by atoms with Crippen molar-refractivity contribution in [1.29, 1.82) is 0 Å². The zero-order valence-electron chi connectivity index (χ0n) is 16.1. The summed E-state index contributed by atoms with van der Waals surface area (Å²) in [4.78, 5) is 23.1. The molecule has 1 heterocycles. The first-order valence-corrected chi connectivity index (χ1v) is 12.0. The number of benzene rings is 2. The second-order valence-corrected chi connectivity index (χ2v) is 10.3. The summed E-state index contributed by atoms with van der Waals surface area (Å²) in [6, 6.07) is 8.46. The predicted molar refractivity (Wildman–Crippen MR) is 120 cm³/mol. The first-order chi connectivity index (χ1) is 14.6. The summed E-state index contributed by atoms with van der Waals surface area (Å²) in [6.07, 6.45) is 0.952. The van der Waals surface area contributed by atoms with Crippen LogP contribution in [0.5, 0.6) is 0 Å². The Bertz CT molecular complexity index is 1110. The molecule has 0 bridgehead atoms. The molecule has 0 aliphatic carbocycles. The zero-order chi connectivity index (χ0) is 22.8. The van der Waals surface area contributed by atoms with Crippen LogP contribution in [0.15, 0.2) is 36.4 Å². The molecule has 1 aliphatic rings. The van der Waals surface area contributed by atoms with Crippen molar-refractivity contribution in [2.24, 2.45) is 5.92 Å². The van der Waals surface area contributed by atoms with E-state index < -0.39 is 26.8 Å².